The van der Waals surface area contributed by atoms with Crippen LogP contribution in [-0.2, 0) is 14.3 Å². The minimum atomic E-state index is -0.735. The Labute approximate surface area is 170 Å². The number of hydrogen-bond acceptors (Lipinski definition) is 5. The van der Waals surface area contributed by atoms with E-state index in [1.165, 1.54) is 25.3 Å². The molecule has 0 saturated carbocycles. The normalized spacial score (nSPS) is 15.8. The molecular weight excluding hydrogens is 407 g/mol. The number of rotatable bonds is 5. The van der Waals surface area contributed by atoms with Crippen molar-refractivity contribution in [2.45, 2.75) is 0 Å². The topological polar surface area (TPSA) is 67.9 Å². The maximum atomic E-state index is 14.4. The number of thiocarbonyl (C=S) groups is 1. The predicted molar refractivity (Wildman–Crippen MR) is 107 cm³/mol. The molecule has 28 heavy (non-hydrogen) atoms. The first-order valence-corrected chi connectivity index (χ1v) is 8.78. The molecule has 144 valence electrons. The van der Waals surface area contributed by atoms with E-state index in [9.17, 15) is 14.0 Å². The van der Waals surface area contributed by atoms with Crippen LogP contribution in [0, 0.1) is 5.82 Å². The third kappa shape index (κ3) is 4.04. The van der Waals surface area contributed by atoms with Gasteiger partial charge in [0, 0.05) is 12.1 Å². The average Bonchev–Trinajstić information content (AvgIpc) is 2.66. The first-order valence-electron chi connectivity index (χ1n) is 7.99. The van der Waals surface area contributed by atoms with E-state index >= 15 is 0 Å². The second kappa shape index (κ2) is 8.47. The molecule has 1 aliphatic rings. The Morgan fingerprint density at radius 2 is 1.93 bits per heavy atom. The van der Waals surface area contributed by atoms with Crippen molar-refractivity contribution in [2.24, 2.45) is 0 Å². The molecule has 6 nitrogen and oxygen atoms in total. The molecule has 1 saturated heterocycles. The van der Waals surface area contributed by atoms with Gasteiger partial charge in [-0.2, -0.15) is 0 Å². The van der Waals surface area contributed by atoms with Gasteiger partial charge in [0.1, 0.15) is 17.1 Å². The lowest BCUT2D eigenvalue weighted by molar-refractivity contribution is -0.122. The van der Waals surface area contributed by atoms with Gasteiger partial charge in [0.25, 0.3) is 11.8 Å². The van der Waals surface area contributed by atoms with Crippen LogP contribution in [0.5, 0.6) is 5.75 Å². The number of carbonyl (C=O) groups excluding carboxylic acids is 2. The largest absolute Gasteiger partial charge is 0.467 e. The van der Waals surface area contributed by atoms with Gasteiger partial charge >= 0.3 is 0 Å². The number of amides is 2. The number of halogens is 2. The summed E-state index contributed by atoms with van der Waals surface area (Å²) in [6.45, 7) is -0.124. The Morgan fingerprint density at radius 3 is 2.61 bits per heavy atom. The number of nitrogens with one attached hydrogen (secondary N) is 1. The molecule has 1 aliphatic heterocycles. The van der Waals surface area contributed by atoms with Crippen molar-refractivity contribution >= 4 is 52.5 Å². The van der Waals surface area contributed by atoms with Gasteiger partial charge in [-0.15, -0.1) is 0 Å². The molecule has 0 bridgehead atoms. The second-order valence-electron chi connectivity index (χ2n) is 5.64. The zero-order chi connectivity index (χ0) is 20.3. The van der Waals surface area contributed by atoms with Gasteiger partial charge in [0.2, 0.25) is 0 Å². The van der Waals surface area contributed by atoms with Crippen LogP contribution in [0.2, 0.25) is 5.02 Å². The van der Waals surface area contributed by atoms with E-state index in [-0.39, 0.29) is 28.8 Å². The fraction of sp³-hybridized carbons (Fsp3) is 0.105. The van der Waals surface area contributed by atoms with Crippen molar-refractivity contribution in [3.05, 3.63) is 64.4 Å². The molecule has 0 unspecified atom stereocenters. The monoisotopic (exact) mass is 420 g/mol. The molecular formula is C19H14ClFN2O4S. The number of methoxy groups -OCH3 is 1. The Bertz CT molecular complexity index is 978. The molecule has 0 atom stereocenters. The number of ether oxygens (including phenoxy) is 2. The molecule has 3 rings (SSSR count). The molecule has 9 heteroatoms. The zero-order valence-corrected chi connectivity index (χ0v) is 16.1. The van der Waals surface area contributed by atoms with Crippen molar-refractivity contribution in [1.29, 1.82) is 0 Å². The highest BCUT2D eigenvalue weighted by molar-refractivity contribution is 7.80. The molecule has 1 N–H and O–H groups in total. The number of nitrogens with zero attached hydrogens (tertiary/aromatic N) is 1. The Hall–Kier alpha value is -2.81. The van der Waals surface area contributed by atoms with Gasteiger partial charge in [-0.25, -0.2) is 4.39 Å². The van der Waals surface area contributed by atoms with Gasteiger partial charge in [0.15, 0.2) is 11.9 Å². The fourth-order valence-corrected chi connectivity index (χ4v) is 2.94. The fourth-order valence-electron chi connectivity index (χ4n) is 2.53. The third-order valence-corrected chi connectivity index (χ3v) is 4.36. The summed E-state index contributed by atoms with van der Waals surface area (Å²) in [5.41, 5.74) is 0.0625. The van der Waals surface area contributed by atoms with Crippen LogP contribution in [0.1, 0.15) is 5.56 Å². The van der Waals surface area contributed by atoms with Crippen molar-refractivity contribution in [2.75, 3.05) is 18.8 Å². The van der Waals surface area contributed by atoms with Crippen LogP contribution in [-0.4, -0.2) is 30.8 Å². The summed E-state index contributed by atoms with van der Waals surface area (Å²) in [7, 11) is 1.42. The maximum absolute atomic E-state index is 14.4. The van der Waals surface area contributed by atoms with E-state index in [4.69, 9.17) is 33.3 Å². The molecule has 2 aromatic rings. The van der Waals surface area contributed by atoms with E-state index in [1.54, 1.807) is 24.3 Å². The molecule has 0 radical (unpaired) electrons. The molecule has 1 fully saturated rings. The van der Waals surface area contributed by atoms with Crippen LogP contribution < -0.4 is 15.0 Å². The average molecular weight is 421 g/mol. The standard InChI is InChI=1S/C19H14ClFN2O4S/c1-26-10-27-16-4-2-3-15(21)13(16)9-14-17(24)22-19(28)23(18(14)25)12-7-5-11(20)6-8-12/h2-9H,10H2,1H3,(H,22,24,28)/b14-9+. The van der Waals surface area contributed by atoms with Crippen molar-refractivity contribution in [3.63, 3.8) is 0 Å². The Kier molecular flexibility index (Phi) is 6.03. The van der Waals surface area contributed by atoms with Gasteiger partial charge in [-0.05, 0) is 54.7 Å². The summed E-state index contributed by atoms with van der Waals surface area (Å²) in [4.78, 5) is 26.5. The van der Waals surface area contributed by atoms with Gasteiger partial charge < -0.3 is 9.47 Å². The summed E-state index contributed by atoms with van der Waals surface area (Å²) in [6, 6.07) is 10.5. The number of anilines is 1. The summed E-state index contributed by atoms with van der Waals surface area (Å²) in [5, 5.41) is 2.83. The van der Waals surface area contributed by atoms with Crippen LogP contribution in [0.3, 0.4) is 0 Å². The summed E-state index contributed by atoms with van der Waals surface area (Å²) in [6.07, 6.45) is 1.13. The molecule has 0 aromatic heterocycles. The van der Waals surface area contributed by atoms with E-state index < -0.39 is 17.6 Å². The SMILES string of the molecule is COCOc1cccc(F)c1/C=C1\C(=O)NC(=S)N(c2ccc(Cl)cc2)C1=O. The summed E-state index contributed by atoms with van der Waals surface area (Å²) in [5.74, 6) is -1.97. The van der Waals surface area contributed by atoms with Crippen molar-refractivity contribution in [3.8, 4) is 5.75 Å². The quantitative estimate of drug-likeness (QED) is 0.348. The van der Waals surface area contributed by atoms with E-state index in [1.807, 2.05) is 0 Å². The Balaban J connectivity index is 2.04. The third-order valence-electron chi connectivity index (χ3n) is 3.82. The minimum absolute atomic E-state index is 0.0538. The first kappa shape index (κ1) is 19.9. The lowest BCUT2D eigenvalue weighted by Crippen LogP contribution is -2.54. The highest BCUT2D eigenvalue weighted by Crippen LogP contribution is 2.28. The van der Waals surface area contributed by atoms with Crippen LogP contribution >= 0.6 is 23.8 Å². The van der Waals surface area contributed by atoms with Gasteiger partial charge in [-0.1, -0.05) is 17.7 Å². The summed E-state index contributed by atoms with van der Waals surface area (Å²) < 4.78 is 24.5. The van der Waals surface area contributed by atoms with E-state index in [0.717, 1.165) is 11.0 Å². The maximum Gasteiger partial charge on any atom is 0.270 e. The van der Waals surface area contributed by atoms with Crippen molar-refractivity contribution in [1.82, 2.24) is 5.32 Å². The highest BCUT2D eigenvalue weighted by atomic mass is 35.5. The molecule has 0 spiro atoms. The predicted octanol–water partition coefficient (Wildman–Crippen LogP) is 3.29. The zero-order valence-electron chi connectivity index (χ0n) is 14.6. The van der Waals surface area contributed by atoms with E-state index in [2.05, 4.69) is 5.32 Å². The molecule has 1 heterocycles. The molecule has 2 amide bonds. The Morgan fingerprint density at radius 1 is 1.21 bits per heavy atom. The highest BCUT2D eigenvalue weighted by Gasteiger charge is 2.35. The van der Waals surface area contributed by atoms with Crippen LogP contribution in [0.15, 0.2) is 48.0 Å². The lowest BCUT2D eigenvalue weighted by atomic mass is 10.1. The smallest absolute Gasteiger partial charge is 0.270 e. The van der Waals surface area contributed by atoms with Gasteiger partial charge in [0.05, 0.1) is 11.3 Å². The second-order valence-corrected chi connectivity index (χ2v) is 6.46. The summed E-state index contributed by atoms with van der Waals surface area (Å²) >= 11 is 11.0. The number of carbonyl (C=O) groups is 2. The molecule has 0 aliphatic carbocycles. The molecule has 2 aromatic carbocycles. The first-order chi connectivity index (χ1) is 13.4. The van der Waals surface area contributed by atoms with E-state index in [0.29, 0.717) is 10.7 Å². The number of benzene rings is 2. The number of hydrogen-bond donors (Lipinski definition) is 1. The van der Waals surface area contributed by atoms with Crippen LogP contribution in [0.25, 0.3) is 6.08 Å². The van der Waals surface area contributed by atoms with Gasteiger partial charge in [-0.3, -0.25) is 19.8 Å². The van der Waals surface area contributed by atoms with Crippen molar-refractivity contribution < 1.29 is 23.5 Å². The minimum Gasteiger partial charge on any atom is -0.467 e. The van der Waals surface area contributed by atoms with Crippen LogP contribution in [0.4, 0.5) is 10.1 Å². The lowest BCUT2D eigenvalue weighted by Gasteiger charge is -2.29.